The largest absolute Gasteiger partial charge is 0.316 e. The summed E-state index contributed by atoms with van der Waals surface area (Å²) < 4.78 is 37.1. The van der Waals surface area contributed by atoms with Crippen LogP contribution in [0.25, 0.3) is 0 Å². The molecule has 0 atom stereocenters. The average molecular weight is 288 g/mol. The van der Waals surface area contributed by atoms with E-state index in [1.807, 2.05) is 0 Å². The second-order valence-corrected chi connectivity index (χ2v) is 6.73. The van der Waals surface area contributed by atoms with E-state index < -0.39 is 26.3 Å². The molecule has 19 heavy (non-hydrogen) atoms. The van der Waals surface area contributed by atoms with Crippen LogP contribution in [0.15, 0.2) is 18.2 Å². The lowest BCUT2D eigenvalue weighted by atomic mass is 10.1. The van der Waals surface area contributed by atoms with Crippen LogP contribution in [0.5, 0.6) is 0 Å². The Morgan fingerprint density at radius 1 is 1.42 bits per heavy atom. The van der Waals surface area contributed by atoms with Crippen LogP contribution in [-0.2, 0) is 15.6 Å². The minimum atomic E-state index is -3.32. The molecule has 1 aliphatic heterocycles. The highest BCUT2D eigenvalue weighted by Gasteiger charge is 2.25. The van der Waals surface area contributed by atoms with Crippen LogP contribution in [0.4, 0.5) is 10.1 Å². The lowest BCUT2D eigenvalue weighted by molar-refractivity contribution is -0.387. The number of nitrogens with zero attached hydrogens (tertiary/aromatic N) is 1. The molecule has 0 amide bonds. The van der Waals surface area contributed by atoms with E-state index >= 15 is 0 Å². The highest BCUT2D eigenvalue weighted by Crippen LogP contribution is 2.20. The smallest absolute Gasteiger partial charge is 0.304 e. The summed E-state index contributed by atoms with van der Waals surface area (Å²) in [5.74, 6) is -1.15. The Morgan fingerprint density at radius 2 is 2.11 bits per heavy atom. The zero-order valence-corrected chi connectivity index (χ0v) is 10.8. The fraction of sp³-hybridized carbons (Fsp3) is 0.455. The maximum Gasteiger partial charge on any atom is 0.304 e. The summed E-state index contributed by atoms with van der Waals surface area (Å²) in [6, 6.07) is 3.18. The van der Waals surface area contributed by atoms with Crippen LogP contribution in [0.1, 0.15) is 5.56 Å². The molecule has 0 aliphatic carbocycles. The highest BCUT2D eigenvalue weighted by atomic mass is 32.2. The second-order valence-electron chi connectivity index (χ2n) is 4.62. The predicted molar refractivity (Wildman–Crippen MR) is 66.9 cm³/mol. The van der Waals surface area contributed by atoms with E-state index in [1.54, 1.807) is 0 Å². The molecule has 104 valence electrons. The van der Waals surface area contributed by atoms with Crippen LogP contribution in [0, 0.1) is 21.8 Å². The average Bonchev–Trinajstić information content (AvgIpc) is 2.23. The second kappa shape index (κ2) is 5.22. The quantitative estimate of drug-likeness (QED) is 0.641. The van der Waals surface area contributed by atoms with Crippen LogP contribution in [0.2, 0.25) is 0 Å². The Balaban J connectivity index is 2.10. The molecule has 2 rings (SSSR count). The molecule has 0 aromatic heterocycles. The number of nitrogens with one attached hydrogen (secondary N) is 1. The van der Waals surface area contributed by atoms with E-state index in [-0.39, 0.29) is 23.0 Å². The van der Waals surface area contributed by atoms with Crippen molar-refractivity contribution < 1.29 is 17.7 Å². The molecule has 0 spiro atoms. The molecule has 6 nitrogen and oxygen atoms in total. The Bertz CT molecular complexity index is 599. The first-order chi connectivity index (χ1) is 8.87. The fourth-order valence-electron chi connectivity index (χ4n) is 1.93. The van der Waals surface area contributed by atoms with Crippen molar-refractivity contribution >= 4 is 15.5 Å². The number of nitro benzene ring substituents is 1. The number of rotatable bonds is 5. The summed E-state index contributed by atoms with van der Waals surface area (Å²) in [5.41, 5.74) is -0.417. The molecule has 1 aromatic rings. The van der Waals surface area contributed by atoms with Gasteiger partial charge in [-0.05, 0) is 17.5 Å². The van der Waals surface area contributed by atoms with Gasteiger partial charge in [0.05, 0.1) is 16.4 Å². The van der Waals surface area contributed by atoms with Crippen molar-refractivity contribution in [3.8, 4) is 0 Å². The zero-order valence-electron chi connectivity index (χ0n) is 10.0. The summed E-state index contributed by atoms with van der Waals surface area (Å²) in [7, 11) is -3.32. The molecule has 1 aliphatic rings. The molecule has 1 heterocycles. The third-order valence-corrected chi connectivity index (χ3v) is 4.70. The minimum Gasteiger partial charge on any atom is -0.316 e. The van der Waals surface area contributed by atoms with Crippen molar-refractivity contribution in [2.45, 2.75) is 5.75 Å². The molecule has 8 heteroatoms. The van der Waals surface area contributed by atoms with Gasteiger partial charge >= 0.3 is 5.69 Å². The van der Waals surface area contributed by atoms with Gasteiger partial charge in [-0.3, -0.25) is 10.1 Å². The number of benzene rings is 1. The van der Waals surface area contributed by atoms with Crippen molar-refractivity contribution in [3.63, 3.8) is 0 Å². The molecule has 0 radical (unpaired) electrons. The topological polar surface area (TPSA) is 89.3 Å². The Hall–Kier alpha value is -1.54. The molecule has 1 fully saturated rings. The van der Waals surface area contributed by atoms with E-state index in [2.05, 4.69) is 5.32 Å². The van der Waals surface area contributed by atoms with Crippen molar-refractivity contribution in [1.82, 2.24) is 5.32 Å². The molecule has 0 saturated carbocycles. The molecular formula is C11H13FN2O4S. The van der Waals surface area contributed by atoms with E-state index in [9.17, 15) is 22.9 Å². The van der Waals surface area contributed by atoms with Crippen molar-refractivity contribution in [2.24, 2.45) is 5.92 Å². The molecule has 0 unspecified atom stereocenters. The number of nitro groups is 1. The summed E-state index contributed by atoms with van der Waals surface area (Å²) in [6.45, 7) is 1.35. The number of hydrogen-bond acceptors (Lipinski definition) is 5. The van der Waals surface area contributed by atoms with E-state index in [1.165, 1.54) is 6.07 Å². The molecule has 0 bridgehead atoms. The van der Waals surface area contributed by atoms with E-state index in [0.717, 1.165) is 12.1 Å². The van der Waals surface area contributed by atoms with Crippen molar-refractivity contribution in [2.75, 3.05) is 18.8 Å². The van der Waals surface area contributed by atoms with Gasteiger partial charge in [0, 0.05) is 19.2 Å². The van der Waals surface area contributed by atoms with Crippen LogP contribution in [0.3, 0.4) is 0 Å². The van der Waals surface area contributed by atoms with Crippen LogP contribution in [-0.4, -0.2) is 32.2 Å². The van der Waals surface area contributed by atoms with Gasteiger partial charge in [0.1, 0.15) is 0 Å². The Kier molecular flexibility index (Phi) is 3.81. The van der Waals surface area contributed by atoms with Gasteiger partial charge in [-0.25, -0.2) is 8.42 Å². The third kappa shape index (κ3) is 3.48. The first kappa shape index (κ1) is 13.9. The SMILES string of the molecule is O=[N+]([O-])c1ccc(CS(=O)(=O)CC2CNC2)cc1F. The summed E-state index contributed by atoms with van der Waals surface area (Å²) in [6.07, 6.45) is 0. The maximum absolute atomic E-state index is 13.4. The monoisotopic (exact) mass is 288 g/mol. The van der Waals surface area contributed by atoms with Crippen molar-refractivity contribution in [1.29, 1.82) is 0 Å². The molecule has 1 aromatic carbocycles. The highest BCUT2D eigenvalue weighted by molar-refractivity contribution is 7.90. The zero-order chi connectivity index (χ0) is 14.0. The lowest BCUT2D eigenvalue weighted by Gasteiger charge is -2.26. The number of hydrogen-bond donors (Lipinski definition) is 1. The summed E-state index contributed by atoms with van der Waals surface area (Å²) >= 11 is 0. The summed E-state index contributed by atoms with van der Waals surface area (Å²) in [5, 5.41) is 13.4. The first-order valence-corrected chi connectivity index (χ1v) is 7.53. The Morgan fingerprint density at radius 3 is 2.58 bits per heavy atom. The lowest BCUT2D eigenvalue weighted by Crippen LogP contribution is -2.45. The van der Waals surface area contributed by atoms with E-state index in [4.69, 9.17) is 0 Å². The van der Waals surface area contributed by atoms with Crippen LogP contribution >= 0.6 is 0 Å². The van der Waals surface area contributed by atoms with Crippen LogP contribution < -0.4 is 5.32 Å². The van der Waals surface area contributed by atoms with Gasteiger partial charge in [-0.15, -0.1) is 0 Å². The standard InChI is InChI=1S/C11H13FN2O4S/c12-10-3-8(1-2-11(10)14(15)16)6-19(17,18)7-9-4-13-5-9/h1-3,9,13H,4-7H2. The maximum atomic E-state index is 13.4. The minimum absolute atomic E-state index is 0.0542. The predicted octanol–water partition coefficient (Wildman–Crippen LogP) is 0.868. The molecule has 1 N–H and O–H groups in total. The molecular weight excluding hydrogens is 275 g/mol. The third-order valence-electron chi connectivity index (χ3n) is 2.95. The summed E-state index contributed by atoms with van der Waals surface area (Å²) in [4.78, 5) is 9.61. The first-order valence-electron chi connectivity index (χ1n) is 5.71. The van der Waals surface area contributed by atoms with Crippen molar-refractivity contribution in [3.05, 3.63) is 39.7 Å². The van der Waals surface area contributed by atoms with Gasteiger partial charge in [0.15, 0.2) is 9.84 Å². The van der Waals surface area contributed by atoms with Gasteiger partial charge in [-0.1, -0.05) is 6.07 Å². The fourth-order valence-corrected chi connectivity index (χ4v) is 3.69. The number of halogens is 1. The molecule has 1 saturated heterocycles. The van der Waals surface area contributed by atoms with E-state index in [0.29, 0.717) is 13.1 Å². The Labute approximate surface area is 109 Å². The van der Waals surface area contributed by atoms with Gasteiger partial charge in [0.25, 0.3) is 0 Å². The van der Waals surface area contributed by atoms with Gasteiger partial charge in [0.2, 0.25) is 5.82 Å². The van der Waals surface area contributed by atoms with Gasteiger partial charge < -0.3 is 5.32 Å². The normalized spacial score (nSPS) is 16.1. The van der Waals surface area contributed by atoms with Gasteiger partial charge in [-0.2, -0.15) is 4.39 Å². The number of sulfone groups is 1.